The summed E-state index contributed by atoms with van der Waals surface area (Å²) in [6, 6.07) is 7.75. The van der Waals surface area contributed by atoms with Crippen LogP contribution < -0.4 is 22.1 Å². The molecule has 5 amide bonds. The summed E-state index contributed by atoms with van der Waals surface area (Å²) in [5.41, 5.74) is 12.5. The van der Waals surface area contributed by atoms with Gasteiger partial charge in [0.15, 0.2) is 0 Å². The Morgan fingerprint density at radius 3 is 2.69 bits per heavy atom. The molecule has 10 nitrogen and oxygen atoms in total. The molecule has 0 radical (unpaired) electrons. The first-order valence-corrected chi connectivity index (χ1v) is 10.8. The SMILES string of the molecule is CC(=O)NCc1cccc(-c2cc(NC(N)=O)c(C(=O)OC3CCCN(C(N)=O)C3)s2)c1. The lowest BCUT2D eigenvalue weighted by atomic mass is 10.1. The van der Waals surface area contributed by atoms with Crippen LogP contribution in [0.3, 0.4) is 0 Å². The predicted molar refractivity (Wildman–Crippen MR) is 120 cm³/mol. The number of nitrogens with zero attached hydrogens (tertiary/aromatic N) is 1. The van der Waals surface area contributed by atoms with Gasteiger partial charge in [-0.15, -0.1) is 11.3 Å². The first kappa shape index (κ1) is 23.1. The Morgan fingerprint density at radius 1 is 1.22 bits per heavy atom. The molecule has 0 bridgehead atoms. The van der Waals surface area contributed by atoms with Gasteiger partial charge in [-0.2, -0.15) is 0 Å². The van der Waals surface area contributed by atoms with Crippen molar-refractivity contribution in [1.29, 1.82) is 0 Å². The zero-order valence-electron chi connectivity index (χ0n) is 17.6. The number of hydrogen-bond acceptors (Lipinski definition) is 6. The number of primary amides is 2. The summed E-state index contributed by atoms with van der Waals surface area (Å²) in [5.74, 6) is -0.752. The monoisotopic (exact) mass is 459 g/mol. The topological polar surface area (TPSA) is 157 Å². The normalized spacial score (nSPS) is 15.7. The minimum Gasteiger partial charge on any atom is -0.456 e. The molecule has 1 aromatic heterocycles. The van der Waals surface area contributed by atoms with E-state index in [0.717, 1.165) is 22.5 Å². The van der Waals surface area contributed by atoms with Gasteiger partial charge in [0.2, 0.25) is 5.91 Å². The van der Waals surface area contributed by atoms with Gasteiger partial charge in [0.1, 0.15) is 11.0 Å². The van der Waals surface area contributed by atoms with Crippen molar-refractivity contribution in [3.63, 3.8) is 0 Å². The lowest BCUT2D eigenvalue weighted by Gasteiger charge is -2.31. The second kappa shape index (κ2) is 10.1. The number of hydrogen-bond donors (Lipinski definition) is 4. The molecule has 1 saturated heterocycles. The zero-order valence-corrected chi connectivity index (χ0v) is 18.4. The molecule has 11 heteroatoms. The summed E-state index contributed by atoms with van der Waals surface area (Å²) in [6.07, 6.45) is 0.790. The molecule has 1 aliphatic heterocycles. The third-order valence-corrected chi connectivity index (χ3v) is 6.06. The zero-order chi connectivity index (χ0) is 23.3. The molecule has 2 heterocycles. The number of carbonyl (C=O) groups excluding carboxylic acids is 4. The van der Waals surface area contributed by atoms with Gasteiger partial charge in [0, 0.05) is 24.9 Å². The Bertz CT molecular complexity index is 1040. The number of likely N-dealkylation sites (tertiary alicyclic amines) is 1. The van der Waals surface area contributed by atoms with E-state index in [1.54, 1.807) is 6.07 Å². The fraction of sp³-hybridized carbons (Fsp3) is 0.333. The van der Waals surface area contributed by atoms with Crippen molar-refractivity contribution < 1.29 is 23.9 Å². The molecule has 1 aliphatic rings. The highest BCUT2D eigenvalue weighted by Crippen LogP contribution is 2.36. The Labute approximate surface area is 188 Å². The number of benzene rings is 1. The Morgan fingerprint density at radius 2 is 2.00 bits per heavy atom. The van der Waals surface area contributed by atoms with Crippen LogP contribution in [0.25, 0.3) is 10.4 Å². The number of amides is 5. The van der Waals surface area contributed by atoms with Crippen LogP contribution in [0.2, 0.25) is 0 Å². The van der Waals surface area contributed by atoms with Crippen LogP contribution >= 0.6 is 11.3 Å². The number of nitrogens with two attached hydrogens (primary N) is 2. The van der Waals surface area contributed by atoms with Crippen LogP contribution in [-0.2, 0) is 16.1 Å². The maximum absolute atomic E-state index is 12.9. The Hall–Kier alpha value is -3.60. The lowest BCUT2D eigenvalue weighted by Crippen LogP contribution is -2.46. The van der Waals surface area contributed by atoms with E-state index in [-0.39, 0.29) is 23.0 Å². The molecule has 1 atom stereocenters. The summed E-state index contributed by atoms with van der Waals surface area (Å²) in [7, 11) is 0. The van der Waals surface area contributed by atoms with Gasteiger partial charge in [-0.25, -0.2) is 14.4 Å². The van der Waals surface area contributed by atoms with E-state index in [4.69, 9.17) is 16.2 Å². The summed E-state index contributed by atoms with van der Waals surface area (Å²) < 4.78 is 5.60. The van der Waals surface area contributed by atoms with Crippen molar-refractivity contribution in [2.75, 3.05) is 18.4 Å². The van der Waals surface area contributed by atoms with Gasteiger partial charge in [-0.1, -0.05) is 18.2 Å². The molecular formula is C21H25N5O5S. The number of carbonyl (C=O) groups is 4. The van der Waals surface area contributed by atoms with E-state index in [1.807, 2.05) is 24.3 Å². The second-order valence-corrected chi connectivity index (χ2v) is 8.46. The van der Waals surface area contributed by atoms with Gasteiger partial charge >= 0.3 is 18.0 Å². The van der Waals surface area contributed by atoms with Gasteiger partial charge in [-0.3, -0.25) is 4.79 Å². The van der Waals surface area contributed by atoms with Gasteiger partial charge in [0.25, 0.3) is 0 Å². The van der Waals surface area contributed by atoms with Crippen molar-refractivity contribution in [1.82, 2.24) is 10.2 Å². The van der Waals surface area contributed by atoms with Crippen molar-refractivity contribution in [3.8, 4) is 10.4 Å². The third-order valence-electron chi connectivity index (χ3n) is 4.89. The number of rotatable bonds is 6. The number of anilines is 1. The highest BCUT2D eigenvalue weighted by molar-refractivity contribution is 7.18. The predicted octanol–water partition coefficient (Wildman–Crippen LogP) is 2.24. The highest BCUT2D eigenvalue weighted by atomic mass is 32.1. The van der Waals surface area contributed by atoms with Crippen LogP contribution in [0, 0.1) is 0 Å². The maximum Gasteiger partial charge on any atom is 0.350 e. The second-order valence-electron chi connectivity index (χ2n) is 7.41. The van der Waals surface area contributed by atoms with E-state index in [1.165, 1.54) is 11.8 Å². The molecule has 2 aromatic rings. The average Bonchev–Trinajstić information content (AvgIpc) is 3.16. The smallest absolute Gasteiger partial charge is 0.350 e. The largest absolute Gasteiger partial charge is 0.456 e. The molecular weight excluding hydrogens is 434 g/mol. The molecule has 32 heavy (non-hydrogen) atoms. The van der Waals surface area contributed by atoms with Crippen LogP contribution in [0.15, 0.2) is 30.3 Å². The number of esters is 1. The molecule has 0 spiro atoms. The van der Waals surface area contributed by atoms with Gasteiger partial charge in [-0.05, 0) is 36.1 Å². The van der Waals surface area contributed by atoms with E-state index >= 15 is 0 Å². The van der Waals surface area contributed by atoms with E-state index in [0.29, 0.717) is 30.8 Å². The van der Waals surface area contributed by atoms with Crippen molar-refractivity contribution in [2.24, 2.45) is 11.5 Å². The molecule has 1 aromatic carbocycles. The summed E-state index contributed by atoms with van der Waals surface area (Å²) in [4.78, 5) is 49.3. The van der Waals surface area contributed by atoms with E-state index in [9.17, 15) is 19.2 Å². The van der Waals surface area contributed by atoms with Crippen LogP contribution in [0.5, 0.6) is 0 Å². The number of urea groups is 2. The number of nitrogens with one attached hydrogen (secondary N) is 2. The van der Waals surface area contributed by atoms with Gasteiger partial charge < -0.3 is 31.7 Å². The Kier molecular flexibility index (Phi) is 7.31. The molecule has 3 rings (SSSR count). The number of ether oxygens (including phenoxy) is 1. The highest BCUT2D eigenvalue weighted by Gasteiger charge is 2.27. The summed E-state index contributed by atoms with van der Waals surface area (Å²) in [6.45, 7) is 2.56. The Balaban J connectivity index is 1.82. The van der Waals surface area contributed by atoms with Crippen LogP contribution in [0.4, 0.5) is 15.3 Å². The standard InChI is InChI=1S/C21H25N5O5S/c1-12(27)24-10-13-4-2-5-14(8-13)17-9-16(25-20(22)29)18(32-17)19(28)31-15-6-3-7-26(11-15)21(23)30/h2,4-5,8-9,15H,3,6-7,10-11H2,1H3,(H2,23,30)(H,24,27)(H3,22,25,29). The lowest BCUT2D eigenvalue weighted by molar-refractivity contribution is -0.119. The minimum atomic E-state index is -0.805. The molecule has 170 valence electrons. The fourth-order valence-corrected chi connectivity index (χ4v) is 4.40. The quantitative estimate of drug-likeness (QED) is 0.487. The van der Waals surface area contributed by atoms with Crippen molar-refractivity contribution in [2.45, 2.75) is 32.4 Å². The molecule has 1 fully saturated rings. The summed E-state index contributed by atoms with van der Waals surface area (Å²) >= 11 is 1.15. The first-order valence-electron chi connectivity index (χ1n) is 10.0. The molecule has 1 unspecified atom stereocenters. The van der Waals surface area contributed by atoms with Gasteiger partial charge in [0.05, 0.1) is 12.2 Å². The maximum atomic E-state index is 12.9. The number of piperidine rings is 1. The van der Waals surface area contributed by atoms with Crippen molar-refractivity contribution in [3.05, 3.63) is 40.8 Å². The van der Waals surface area contributed by atoms with Crippen molar-refractivity contribution >= 4 is 41.0 Å². The molecule has 0 saturated carbocycles. The van der Waals surface area contributed by atoms with Crippen LogP contribution in [0.1, 0.15) is 35.0 Å². The first-order chi connectivity index (χ1) is 15.2. The average molecular weight is 460 g/mol. The fourth-order valence-electron chi connectivity index (χ4n) is 3.41. The summed E-state index contributed by atoms with van der Waals surface area (Å²) in [5, 5.41) is 5.21. The molecule has 0 aliphatic carbocycles. The molecule has 6 N–H and O–H groups in total. The van der Waals surface area contributed by atoms with E-state index in [2.05, 4.69) is 10.6 Å². The van der Waals surface area contributed by atoms with Crippen LogP contribution in [-0.4, -0.2) is 48.0 Å². The number of thiophene rings is 1. The minimum absolute atomic E-state index is 0.137. The third kappa shape index (κ3) is 5.97. The van der Waals surface area contributed by atoms with E-state index < -0.39 is 24.1 Å².